The number of carbonyl (C=O) groups excluding carboxylic acids is 1. The van der Waals surface area contributed by atoms with Gasteiger partial charge in [-0.05, 0) is 56.6 Å². The zero-order valence-electron chi connectivity index (χ0n) is 17.0. The van der Waals surface area contributed by atoms with Crippen molar-refractivity contribution in [1.29, 1.82) is 0 Å². The van der Waals surface area contributed by atoms with Crippen LogP contribution in [0.25, 0.3) is 0 Å². The lowest BCUT2D eigenvalue weighted by molar-refractivity contribution is -0.127. The lowest BCUT2D eigenvalue weighted by atomic mass is 9.94. The van der Waals surface area contributed by atoms with Crippen LogP contribution < -0.4 is 14.8 Å². The monoisotopic (exact) mass is 382 g/mol. The summed E-state index contributed by atoms with van der Waals surface area (Å²) in [4.78, 5) is 15.2. The van der Waals surface area contributed by atoms with E-state index in [-0.39, 0.29) is 17.9 Å². The molecule has 28 heavy (non-hydrogen) atoms. The molecule has 1 fully saturated rings. The van der Waals surface area contributed by atoms with Crippen LogP contribution in [-0.2, 0) is 11.3 Å². The topological polar surface area (TPSA) is 50.8 Å². The maximum absolute atomic E-state index is 12.8. The molecular formula is C23H30N2O3. The highest BCUT2D eigenvalue weighted by atomic mass is 16.5. The van der Waals surface area contributed by atoms with E-state index < -0.39 is 0 Å². The van der Waals surface area contributed by atoms with Crippen molar-refractivity contribution in [2.24, 2.45) is 5.92 Å². The minimum atomic E-state index is -0.139. The first-order valence-corrected chi connectivity index (χ1v) is 9.89. The highest BCUT2D eigenvalue weighted by Crippen LogP contribution is 2.30. The first-order chi connectivity index (χ1) is 13.6. The van der Waals surface area contributed by atoms with Crippen LogP contribution in [0.5, 0.6) is 11.5 Å². The van der Waals surface area contributed by atoms with E-state index in [0.717, 1.165) is 49.5 Å². The van der Waals surface area contributed by atoms with Crippen LogP contribution in [-0.4, -0.2) is 38.1 Å². The Kier molecular flexibility index (Phi) is 6.93. The number of methoxy groups -OCH3 is 2. The number of likely N-dealkylation sites (tertiary alicyclic amines) is 1. The number of amides is 1. The predicted molar refractivity (Wildman–Crippen MR) is 111 cm³/mol. The summed E-state index contributed by atoms with van der Waals surface area (Å²) in [6.07, 6.45) is 1.78. The Morgan fingerprint density at radius 1 is 1.11 bits per heavy atom. The fourth-order valence-electron chi connectivity index (χ4n) is 3.78. The van der Waals surface area contributed by atoms with Crippen molar-refractivity contribution >= 4 is 5.91 Å². The van der Waals surface area contributed by atoms with E-state index in [1.807, 2.05) is 31.2 Å². The molecule has 0 aromatic heterocycles. The van der Waals surface area contributed by atoms with E-state index in [0.29, 0.717) is 0 Å². The van der Waals surface area contributed by atoms with E-state index in [2.05, 4.69) is 34.5 Å². The van der Waals surface area contributed by atoms with Gasteiger partial charge in [0.2, 0.25) is 5.91 Å². The number of carbonyl (C=O) groups is 1. The molecule has 0 bridgehead atoms. The highest BCUT2D eigenvalue weighted by molar-refractivity contribution is 5.79. The lowest BCUT2D eigenvalue weighted by Gasteiger charge is -2.32. The molecule has 0 unspecified atom stereocenters. The van der Waals surface area contributed by atoms with E-state index in [9.17, 15) is 4.79 Å². The lowest BCUT2D eigenvalue weighted by Crippen LogP contribution is -2.40. The van der Waals surface area contributed by atoms with Crippen LogP contribution in [0.1, 0.15) is 36.9 Å². The van der Waals surface area contributed by atoms with Gasteiger partial charge in [0.05, 0.1) is 20.3 Å². The van der Waals surface area contributed by atoms with Gasteiger partial charge in [-0.2, -0.15) is 0 Å². The molecule has 150 valence electrons. The van der Waals surface area contributed by atoms with Crippen molar-refractivity contribution in [3.8, 4) is 11.5 Å². The predicted octanol–water partition coefficient (Wildman–Crippen LogP) is 3.79. The van der Waals surface area contributed by atoms with Crippen LogP contribution in [0.2, 0.25) is 0 Å². The van der Waals surface area contributed by atoms with Gasteiger partial charge in [-0.1, -0.05) is 30.3 Å². The molecule has 3 rings (SSSR count). The number of hydrogen-bond donors (Lipinski definition) is 1. The minimum Gasteiger partial charge on any atom is -0.497 e. The van der Waals surface area contributed by atoms with Crippen molar-refractivity contribution in [2.75, 3.05) is 27.3 Å². The van der Waals surface area contributed by atoms with Gasteiger partial charge in [0.15, 0.2) is 0 Å². The number of hydrogen-bond acceptors (Lipinski definition) is 4. The Morgan fingerprint density at radius 2 is 1.82 bits per heavy atom. The number of nitrogens with zero attached hydrogens (tertiary/aromatic N) is 1. The second-order valence-corrected chi connectivity index (χ2v) is 7.37. The smallest absolute Gasteiger partial charge is 0.223 e. The summed E-state index contributed by atoms with van der Waals surface area (Å²) >= 11 is 0. The maximum Gasteiger partial charge on any atom is 0.223 e. The Labute approximate surface area is 167 Å². The third-order valence-electron chi connectivity index (χ3n) is 5.47. The fraction of sp³-hybridized carbons (Fsp3) is 0.435. The second kappa shape index (κ2) is 9.60. The normalized spacial score (nSPS) is 16.4. The van der Waals surface area contributed by atoms with Gasteiger partial charge < -0.3 is 14.8 Å². The Hall–Kier alpha value is -2.53. The van der Waals surface area contributed by atoms with Gasteiger partial charge in [-0.15, -0.1) is 0 Å². The summed E-state index contributed by atoms with van der Waals surface area (Å²) < 4.78 is 10.8. The summed E-state index contributed by atoms with van der Waals surface area (Å²) in [6, 6.07) is 16.0. The number of benzene rings is 2. The molecule has 1 N–H and O–H groups in total. The van der Waals surface area contributed by atoms with E-state index in [1.54, 1.807) is 14.2 Å². The zero-order chi connectivity index (χ0) is 19.9. The molecule has 1 aliphatic heterocycles. The minimum absolute atomic E-state index is 0.0612. The summed E-state index contributed by atoms with van der Waals surface area (Å²) in [6.45, 7) is 4.83. The molecule has 1 atom stereocenters. The molecule has 1 saturated heterocycles. The number of piperidine rings is 1. The molecule has 1 amide bonds. The first-order valence-electron chi connectivity index (χ1n) is 9.89. The standard InChI is InChI=1S/C23H30N2O3/c1-17(21-15-20(27-2)9-10-22(21)28-3)24-23(26)19-11-13-25(14-12-19)16-18-7-5-4-6-8-18/h4-10,15,17,19H,11-14,16H2,1-3H3,(H,24,26)/t17-/m0/s1. The van der Waals surface area contributed by atoms with Gasteiger partial charge in [-0.25, -0.2) is 0 Å². The molecule has 0 spiro atoms. The van der Waals surface area contributed by atoms with Gasteiger partial charge in [0.1, 0.15) is 11.5 Å². The van der Waals surface area contributed by atoms with Gasteiger partial charge in [0, 0.05) is 18.0 Å². The zero-order valence-corrected chi connectivity index (χ0v) is 17.0. The summed E-state index contributed by atoms with van der Waals surface area (Å²) in [5.74, 6) is 1.69. The van der Waals surface area contributed by atoms with Crippen LogP contribution in [0.3, 0.4) is 0 Å². The third-order valence-corrected chi connectivity index (χ3v) is 5.47. The van der Waals surface area contributed by atoms with Crippen LogP contribution in [0.15, 0.2) is 48.5 Å². The van der Waals surface area contributed by atoms with Crippen molar-refractivity contribution in [3.05, 3.63) is 59.7 Å². The summed E-state index contributed by atoms with van der Waals surface area (Å²) in [7, 11) is 3.28. The molecule has 0 aliphatic carbocycles. The number of ether oxygens (including phenoxy) is 2. The van der Waals surface area contributed by atoms with Crippen molar-refractivity contribution in [2.45, 2.75) is 32.4 Å². The quantitative estimate of drug-likeness (QED) is 0.792. The van der Waals surface area contributed by atoms with Crippen LogP contribution in [0.4, 0.5) is 0 Å². The molecule has 1 heterocycles. The molecule has 1 aliphatic rings. The van der Waals surface area contributed by atoms with Crippen molar-refractivity contribution < 1.29 is 14.3 Å². The Bertz CT molecular complexity index is 771. The first kappa shape index (κ1) is 20.2. The van der Waals surface area contributed by atoms with E-state index in [4.69, 9.17) is 9.47 Å². The molecule has 0 radical (unpaired) electrons. The van der Waals surface area contributed by atoms with Crippen molar-refractivity contribution in [1.82, 2.24) is 10.2 Å². The summed E-state index contributed by atoms with van der Waals surface area (Å²) in [5.41, 5.74) is 2.25. The number of nitrogens with one attached hydrogen (secondary N) is 1. The van der Waals surface area contributed by atoms with E-state index in [1.165, 1.54) is 5.56 Å². The molecule has 0 saturated carbocycles. The molecule has 2 aromatic rings. The molecule has 2 aromatic carbocycles. The third kappa shape index (κ3) is 5.04. The molecular weight excluding hydrogens is 352 g/mol. The largest absolute Gasteiger partial charge is 0.497 e. The maximum atomic E-state index is 12.8. The van der Waals surface area contributed by atoms with Crippen molar-refractivity contribution in [3.63, 3.8) is 0 Å². The van der Waals surface area contributed by atoms with Gasteiger partial charge in [-0.3, -0.25) is 9.69 Å². The fourth-order valence-corrected chi connectivity index (χ4v) is 3.78. The molecule has 5 nitrogen and oxygen atoms in total. The average Bonchev–Trinajstić information content (AvgIpc) is 2.74. The Morgan fingerprint density at radius 3 is 2.46 bits per heavy atom. The number of rotatable bonds is 7. The van der Waals surface area contributed by atoms with Crippen LogP contribution >= 0.6 is 0 Å². The summed E-state index contributed by atoms with van der Waals surface area (Å²) in [5, 5.41) is 3.16. The van der Waals surface area contributed by atoms with Gasteiger partial charge >= 0.3 is 0 Å². The highest BCUT2D eigenvalue weighted by Gasteiger charge is 2.26. The second-order valence-electron chi connectivity index (χ2n) is 7.37. The van der Waals surface area contributed by atoms with E-state index >= 15 is 0 Å². The Balaban J connectivity index is 1.54. The SMILES string of the molecule is COc1ccc(OC)c([C@H](C)NC(=O)C2CCN(Cc3ccccc3)CC2)c1. The van der Waals surface area contributed by atoms with Gasteiger partial charge in [0.25, 0.3) is 0 Å². The average molecular weight is 383 g/mol. The molecule has 5 heteroatoms. The van der Waals surface area contributed by atoms with Crippen LogP contribution in [0, 0.1) is 5.92 Å².